The molecule has 1 aromatic carbocycles. The van der Waals surface area contributed by atoms with Crippen LogP contribution in [-0.4, -0.2) is 65.0 Å². The Hall–Kier alpha value is -3.28. The van der Waals surface area contributed by atoms with Gasteiger partial charge in [0.05, 0.1) is 42.3 Å². The van der Waals surface area contributed by atoms with Gasteiger partial charge in [-0.05, 0) is 56.0 Å². The lowest BCUT2D eigenvalue weighted by Crippen LogP contribution is -2.53. The van der Waals surface area contributed by atoms with E-state index in [0.717, 1.165) is 11.1 Å². The second kappa shape index (κ2) is 9.06. The van der Waals surface area contributed by atoms with Crippen LogP contribution in [0.5, 0.6) is 0 Å². The van der Waals surface area contributed by atoms with Crippen LogP contribution >= 0.6 is 11.9 Å². The zero-order valence-electron chi connectivity index (χ0n) is 19.4. The number of aliphatic imine (C=N–C) groups is 2. The van der Waals surface area contributed by atoms with Gasteiger partial charge in [0.2, 0.25) is 5.96 Å². The fourth-order valence-electron chi connectivity index (χ4n) is 4.16. The van der Waals surface area contributed by atoms with E-state index < -0.39 is 11.5 Å². The van der Waals surface area contributed by atoms with Crippen LogP contribution in [0, 0.1) is 5.82 Å². The molecule has 0 saturated heterocycles. The predicted octanol–water partition coefficient (Wildman–Crippen LogP) is 2.53. The van der Waals surface area contributed by atoms with Gasteiger partial charge in [0.15, 0.2) is 0 Å². The molecule has 1 saturated carbocycles. The van der Waals surface area contributed by atoms with E-state index in [0.29, 0.717) is 53.4 Å². The molecule has 2 aromatic rings. The van der Waals surface area contributed by atoms with E-state index in [-0.39, 0.29) is 18.5 Å². The Labute approximate surface area is 206 Å². The van der Waals surface area contributed by atoms with Crippen molar-refractivity contribution in [3.05, 3.63) is 53.6 Å². The van der Waals surface area contributed by atoms with Crippen molar-refractivity contribution in [2.75, 3.05) is 25.0 Å². The number of rotatable bonds is 7. The molecule has 11 heteroatoms. The zero-order valence-corrected chi connectivity index (χ0v) is 20.2. The van der Waals surface area contributed by atoms with E-state index in [4.69, 9.17) is 5.73 Å². The largest absolute Gasteiger partial charge is 0.404 e. The van der Waals surface area contributed by atoms with Crippen LogP contribution in [0.1, 0.15) is 30.1 Å². The number of aromatic nitrogens is 1. The van der Waals surface area contributed by atoms with Crippen molar-refractivity contribution in [2.45, 2.75) is 36.4 Å². The van der Waals surface area contributed by atoms with Gasteiger partial charge in [-0.3, -0.25) is 24.7 Å². The molecule has 1 fully saturated rings. The summed E-state index contributed by atoms with van der Waals surface area (Å²) in [4.78, 5) is 31.2. The first kappa shape index (κ1) is 23.5. The Kier molecular flexibility index (Phi) is 6.07. The summed E-state index contributed by atoms with van der Waals surface area (Å²) in [7, 11) is 1.64. The number of carbonyl (C=O) groups excluding carboxylic acids is 1. The van der Waals surface area contributed by atoms with Crippen LogP contribution in [0.15, 0.2) is 57.1 Å². The molecule has 1 aliphatic carbocycles. The number of hydrogen-bond donors (Lipinski definition) is 3. The first-order valence-corrected chi connectivity index (χ1v) is 12.1. The van der Waals surface area contributed by atoms with Gasteiger partial charge in [0, 0.05) is 35.5 Å². The van der Waals surface area contributed by atoms with E-state index >= 15 is 0 Å². The van der Waals surface area contributed by atoms with Crippen LogP contribution in [0.3, 0.4) is 0 Å². The van der Waals surface area contributed by atoms with Crippen molar-refractivity contribution < 1.29 is 14.3 Å². The third kappa shape index (κ3) is 4.42. The number of halogens is 1. The summed E-state index contributed by atoms with van der Waals surface area (Å²) >= 11 is 1.26. The fourth-order valence-corrected chi connectivity index (χ4v) is 5.03. The molecular weight excluding hydrogens is 469 g/mol. The average molecular weight is 496 g/mol. The normalized spacial score (nSPS) is 20.8. The van der Waals surface area contributed by atoms with Gasteiger partial charge in [0.1, 0.15) is 11.5 Å². The molecule has 3 aliphatic rings. The Morgan fingerprint density at radius 3 is 2.83 bits per heavy atom. The number of nitrogens with one attached hydrogen (secondary N) is 1. The number of carbonyl (C=O) groups is 1. The van der Waals surface area contributed by atoms with Crippen LogP contribution in [-0.2, 0) is 0 Å². The number of nitrogens with two attached hydrogens (primary N) is 1. The van der Waals surface area contributed by atoms with Crippen molar-refractivity contribution in [3.63, 3.8) is 0 Å². The zero-order chi connectivity index (χ0) is 24.7. The monoisotopic (exact) mass is 495 g/mol. The highest BCUT2D eigenvalue weighted by Crippen LogP contribution is 2.44. The Morgan fingerprint density at radius 2 is 2.17 bits per heavy atom. The van der Waals surface area contributed by atoms with Gasteiger partial charge in [0.25, 0.3) is 5.91 Å². The molecule has 5 rings (SSSR count). The summed E-state index contributed by atoms with van der Waals surface area (Å²) in [6, 6.07) is 6.66. The van der Waals surface area contributed by atoms with Crippen molar-refractivity contribution in [2.24, 2.45) is 15.7 Å². The summed E-state index contributed by atoms with van der Waals surface area (Å²) in [6.45, 7) is 2.77. The van der Waals surface area contributed by atoms with Gasteiger partial charge in [-0.1, -0.05) is 0 Å². The summed E-state index contributed by atoms with van der Waals surface area (Å²) in [5, 5.41) is 10.3. The lowest BCUT2D eigenvalue weighted by molar-refractivity contribution is 0.0850. The lowest BCUT2D eigenvalue weighted by Gasteiger charge is -2.39. The summed E-state index contributed by atoms with van der Waals surface area (Å²) < 4.78 is 16.7. The van der Waals surface area contributed by atoms with Crippen LogP contribution in [0.2, 0.25) is 0 Å². The van der Waals surface area contributed by atoms with E-state index in [1.807, 2.05) is 24.0 Å². The highest BCUT2D eigenvalue weighted by Gasteiger charge is 2.43. The summed E-state index contributed by atoms with van der Waals surface area (Å²) in [6.07, 6.45) is 5.55. The van der Waals surface area contributed by atoms with E-state index in [9.17, 15) is 14.3 Å². The first-order chi connectivity index (χ1) is 16.8. The number of nitrogens with zero attached hydrogens (tertiary/aromatic N) is 5. The third-order valence-corrected chi connectivity index (χ3v) is 7.08. The molecule has 0 spiro atoms. The maximum atomic E-state index is 13.9. The number of anilines is 1. The number of hydrogen-bond acceptors (Lipinski definition) is 9. The third-order valence-electron chi connectivity index (χ3n) is 6.13. The Balaban J connectivity index is 1.65. The molecule has 1 aromatic heterocycles. The fraction of sp³-hybridized carbons (Fsp3) is 0.333. The van der Waals surface area contributed by atoms with Crippen molar-refractivity contribution in [3.8, 4) is 11.3 Å². The minimum absolute atomic E-state index is 0.00694. The van der Waals surface area contributed by atoms with Crippen molar-refractivity contribution in [1.29, 1.82) is 0 Å². The molecule has 0 bridgehead atoms. The van der Waals surface area contributed by atoms with Crippen LogP contribution in [0.25, 0.3) is 11.3 Å². The first-order valence-electron chi connectivity index (χ1n) is 11.3. The Bertz CT molecular complexity index is 1260. The SMILES string of the molecule is CN=C/C(=C\N)CN1C(=O)c2cc(SNC3(O)CC3)cc(-c3ccc(F)cn3)c2N2C1=NCC2C. The molecule has 9 nitrogen and oxygen atoms in total. The molecule has 1 amide bonds. The smallest absolute Gasteiger partial charge is 0.263 e. The molecule has 0 radical (unpaired) electrons. The number of pyridine rings is 1. The molecule has 1 atom stereocenters. The molecule has 2 aliphatic heterocycles. The van der Waals surface area contributed by atoms with Gasteiger partial charge >= 0.3 is 0 Å². The maximum Gasteiger partial charge on any atom is 0.263 e. The molecule has 182 valence electrons. The highest BCUT2D eigenvalue weighted by atomic mass is 32.2. The van der Waals surface area contributed by atoms with Gasteiger partial charge in [-0.25, -0.2) is 9.11 Å². The minimum Gasteiger partial charge on any atom is -0.404 e. The van der Waals surface area contributed by atoms with E-state index in [1.54, 1.807) is 24.2 Å². The average Bonchev–Trinajstić information content (AvgIpc) is 3.48. The predicted molar refractivity (Wildman–Crippen MR) is 135 cm³/mol. The van der Waals surface area contributed by atoms with Crippen LogP contribution < -0.4 is 15.4 Å². The van der Waals surface area contributed by atoms with Crippen LogP contribution in [0.4, 0.5) is 10.1 Å². The highest BCUT2D eigenvalue weighted by molar-refractivity contribution is 7.97. The topological polar surface area (TPSA) is 119 Å². The second-order valence-corrected chi connectivity index (χ2v) is 9.72. The standard InChI is InChI=1S/C24H26FN7O2S/c1-14-10-29-23-31(13-15(9-26)11-27-2)22(33)19-8-17(35-30-24(34)5-6-24)7-18(21(19)32(14)23)20-4-3-16(25)12-28-20/h3-4,7-9,11-12,14,30,34H,5-6,10,13,26H2,1-2H3/b15-9+,27-11?. The van der Waals surface area contributed by atoms with Gasteiger partial charge < -0.3 is 15.7 Å². The lowest BCUT2D eigenvalue weighted by atomic mass is 9.98. The maximum absolute atomic E-state index is 13.9. The molecule has 1 unspecified atom stereocenters. The summed E-state index contributed by atoms with van der Waals surface area (Å²) in [5.74, 6) is -0.138. The number of benzene rings is 1. The van der Waals surface area contributed by atoms with Crippen molar-refractivity contribution in [1.82, 2.24) is 14.6 Å². The number of fused-ring (bicyclic) bond motifs is 3. The summed E-state index contributed by atoms with van der Waals surface area (Å²) in [5.41, 5.74) is 7.95. The van der Waals surface area contributed by atoms with Crippen molar-refractivity contribution >= 4 is 35.7 Å². The quantitative estimate of drug-likeness (QED) is 0.307. The molecule has 35 heavy (non-hydrogen) atoms. The number of guanidine groups is 1. The molecule has 3 heterocycles. The van der Waals surface area contributed by atoms with Gasteiger partial charge in [-0.15, -0.1) is 0 Å². The Morgan fingerprint density at radius 1 is 1.40 bits per heavy atom. The number of aliphatic hydroxyl groups is 1. The minimum atomic E-state index is -0.894. The molecular formula is C24H26FN7O2S. The van der Waals surface area contributed by atoms with E-state index in [2.05, 4.69) is 19.7 Å². The molecule has 4 N–H and O–H groups in total. The second-order valence-electron chi connectivity index (χ2n) is 8.84. The number of amides is 1. The van der Waals surface area contributed by atoms with E-state index in [1.165, 1.54) is 24.2 Å². The van der Waals surface area contributed by atoms with Gasteiger partial charge in [-0.2, -0.15) is 0 Å².